The average Bonchev–Trinajstić information content (AvgIpc) is 3.11. The molecule has 0 fully saturated rings. The fraction of sp³-hybridized carbons (Fsp3) is 0.333. The van der Waals surface area contributed by atoms with Crippen LogP contribution in [0.2, 0.25) is 0 Å². The van der Waals surface area contributed by atoms with Gasteiger partial charge in [0.25, 0.3) is 0 Å². The Balaban J connectivity index is 2.02. The highest BCUT2D eigenvalue weighted by molar-refractivity contribution is 7.10. The molecular weight excluding hydrogens is 324 g/mol. The van der Waals surface area contributed by atoms with E-state index >= 15 is 0 Å². The Morgan fingerprint density at radius 3 is 2.50 bits per heavy atom. The molecule has 2 rings (SSSR count). The van der Waals surface area contributed by atoms with E-state index in [9.17, 15) is 9.59 Å². The summed E-state index contributed by atoms with van der Waals surface area (Å²) in [5.74, 6) is -1.15. The van der Waals surface area contributed by atoms with Gasteiger partial charge in [-0.25, -0.2) is 0 Å². The predicted octanol–water partition coefficient (Wildman–Crippen LogP) is 2.80. The van der Waals surface area contributed by atoms with Crippen molar-refractivity contribution in [3.8, 4) is 0 Å². The number of thiophene rings is 1. The molecule has 1 amide bonds. The van der Waals surface area contributed by atoms with Crippen molar-refractivity contribution in [3.05, 3.63) is 58.3 Å². The molecule has 2 atom stereocenters. The number of aliphatic carboxylic acids is 1. The van der Waals surface area contributed by atoms with Crippen LogP contribution in [-0.2, 0) is 9.59 Å². The van der Waals surface area contributed by atoms with E-state index in [1.807, 2.05) is 54.8 Å². The fourth-order valence-electron chi connectivity index (χ4n) is 2.45. The van der Waals surface area contributed by atoms with Crippen LogP contribution in [0.15, 0.2) is 47.8 Å². The number of carboxylic acid groups (broad SMARTS) is 1. The first-order chi connectivity index (χ1) is 11.6. The Hall–Kier alpha value is -2.18. The average molecular weight is 346 g/mol. The third-order valence-corrected chi connectivity index (χ3v) is 4.59. The van der Waals surface area contributed by atoms with Gasteiger partial charge in [-0.3, -0.25) is 14.9 Å². The van der Waals surface area contributed by atoms with Gasteiger partial charge in [-0.05, 0) is 23.4 Å². The van der Waals surface area contributed by atoms with Gasteiger partial charge in [0, 0.05) is 4.88 Å². The molecule has 2 aromatic rings. The van der Waals surface area contributed by atoms with Gasteiger partial charge in [0.1, 0.15) is 6.04 Å². The van der Waals surface area contributed by atoms with E-state index < -0.39 is 12.0 Å². The predicted molar refractivity (Wildman–Crippen MR) is 95.1 cm³/mol. The van der Waals surface area contributed by atoms with Crippen molar-refractivity contribution < 1.29 is 14.7 Å². The van der Waals surface area contributed by atoms with Crippen LogP contribution in [0.5, 0.6) is 0 Å². The molecule has 1 aromatic heterocycles. The van der Waals surface area contributed by atoms with Crippen LogP contribution in [0.25, 0.3) is 0 Å². The maximum absolute atomic E-state index is 12.3. The second kappa shape index (κ2) is 9.20. The molecule has 24 heavy (non-hydrogen) atoms. The zero-order chi connectivity index (χ0) is 17.4. The molecule has 0 aliphatic heterocycles. The number of carboxylic acids is 1. The second-order valence-corrected chi connectivity index (χ2v) is 6.47. The quantitative estimate of drug-likeness (QED) is 0.652. The zero-order valence-electron chi connectivity index (χ0n) is 13.6. The Labute approximate surface area is 145 Å². The molecule has 0 aliphatic carbocycles. The third kappa shape index (κ3) is 5.18. The number of amides is 1. The summed E-state index contributed by atoms with van der Waals surface area (Å²) >= 11 is 1.58. The lowest BCUT2D eigenvalue weighted by molar-refractivity contribution is -0.139. The maximum atomic E-state index is 12.3. The van der Waals surface area contributed by atoms with Gasteiger partial charge < -0.3 is 10.4 Å². The van der Waals surface area contributed by atoms with Crippen LogP contribution in [0.1, 0.15) is 36.2 Å². The van der Waals surface area contributed by atoms with Crippen LogP contribution in [-0.4, -0.2) is 29.6 Å². The van der Waals surface area contributed by atoms with Crippen molar-refractivity contribution in [2.45, 2.75) is 31.8 Å². The SMILES string of the molecule is CCCC(NCC(=O)NC(c1ccccc1)c1cccs1)C(=O)O. The number of rotatable bonds is 9. The Bertz CT molecular complexity index is 644. The molecule has 2 unspecified atom stereocenters. The van der Waals surface area contributed by atoms with E-state index in [0.29, 0.717) is 6.42 Å². The van der Waals surface area contributed by atoms with Crippen molar-refractivity contribution in [1.29, 1.82) is 0 Å². The van der Waals surface area contributed by atoms with E-state index in [-0.39, 0.29) is 18.5 Å². The largest absolute Gasteiger partial charge is 0.480 e. The first-order valence-corrected chi connectivity index (χ1v) is 8.83. The molecule has 3 N–H and O–H groups in total. The van der Waals surface area contributed by atoms with Crippen molar-refractivity contribution in [2.24, 2.45) is 0 Å². The van der Waals surface area contributed by atoms with Crippen molar-refractivity contribution in [1.82, 2.24) is 10.6 Å². The summed E-state index contributed by atoms with van der Waals surface area (Å²) in [4.78, 5) is 24.5. The van der Waals surface area contributed by atoms with Crippen LogP contribution in [0.3, 0.4) is 0 Å². The molecule has 0 aliphatic rings. The number of hydrogen-bond acceptors (Lipinski definition) is 4. The lowest BCUT2D eigenvalue weighted by Gasteiger charge is -2.19. The lowest BCUT2D eigenvalue weighted by atomic mass is 10.1. The van der Waals surface area contributed by atoms with Gasteiger partial charge in [0.05, 0.1) is 12.6 Å². The number of hydrogen-bond donors (Lipinski definition) is 3. The molecule has 128 valence electrons. The molecule has 0 bridgehead atoms. The van der Waals surface area contributed by atoms with Gasteiger partial charge in [-0.1, -0.05) is 49.7 Å². The van der Waals surface area contributed by atoms with Crippen LogP contribution in [0, 0.1) is 0 Å². The minimum atomic E-state index is -0.928. The number of nitrogens with one attached hydrogen (secondary N) is 2. The molecule has 0 spiro atoms. The molecule has 0 saturated carbocycles. The van der Waals surface area contributed by atoms with Gasteiger partial charge in [0.15, 0.2) is 0 Å². The summed E-state index contributed by atoms with van der Waals surface area (Å²) in [6.45, 7) is 1.89. The zero-order valence-corrected chi connectivity index (χ0v) is 14.4. The van der Waals surface area contributed by atoms with Crippen LogP contribution < -0.4 is 10.6 Å². The standard InChI is InChI=1S/C18H22N2O3S/c1-2-7-14(18(22)23)19-12-16(21)20-17(15-10-6-11-24-15)13-8-4-3-5-9-13/h3-6,8-11,14,17,19H,2,7,12H2,1H3,(H,20,21)(H,22,23). The minimum Gasteiger partial charge on any atom is -0.480 e. The summed E-state index contributed by atoms with van der Waals surface area (Å²) in [7, 11) is 0. The molecular formula is C18H22N2O3S. The van der Waals surface area contributed by atoms with Crippen LogP contribution in [0.4, 0.5) is 0 Å². The summed E-state index contributed by atoms with van der Waals surface area (Å²) < 4.78 is 0. The normalized spacial score (nSPS) is 13.2. The van der Waals surface area contributed by atoms with E-state index in [1.54, 1.807) is 11.3 Å². The Kier molecular flexibility index (Phi) is 6.96. The summed E-state index contributed by atoms with van der Waals surface area (Å²) in [5, 5.41) is 16.9. The van der Waals surface area contributed by atoms with E-state index in [1.165, 1.54) is 0 Å². The van der Waals surface area contributed by atoms with Gasteiger partial charge in [-0.15, -0.1) is 11.3 Å². The van der Waals surface area contributed by atoms with Crippen molar-refractivity contribution in [2.75, 3.05) is 6.54 Å². The van der Waals surface area contributed by atoms with Crippen LogP contribution >= 0.6 is 11.3 Å². The molecule has 6 heteroatoms. The highest BCUT2D eigenvalue weighted by atomic mass is 32.1. The first kappa shape index (κ1) is 18.2. The molecule has 1 aromatic carbocycles. The van der Waals surface area contributed by atoms with Crippen molar-refractivity contribution in [3.63, 3.8) is 0 Å². The topological polar surface area (TPSA) is 78.4 Å². The fourth-order valence-corrected chi connectivity index (χ4v) is 3.25. The first-order valence-electron chi connectivity index (χ1n) is 7.95. The summed E-state index contributed by atoms with van der Waals surface area (Å²) in [6.07, 6.45) is 1.24. The Morgan fingerprint density at radius 2 is 1.92 bits per heavy atom. The number of carbonyl (C=O) groups is 2. The summed E-state index contributed by atoms with van der Waals surface area (Å²) in [6, 6.07) is 12.7. The van der Waals surface area contributed by atoms with Crippen molar-refractivity contribution >= 4 is 23.2 Å². The Morgan fingerprint density at radius 1 is 1.17 bits per heavy atom. The smallest absolute Gasteiger partial charge is 0.320 e. The highest BCUT2D eigenvalue weighted by Gasteiger charge is 2.20. The summed E-state index contributed by atoms with van der Waals surface area (Å²) in [5.41, 5.74) is 0.997. The number of benzene rings is 1. The van der Waals surface area contributed by atoms with Gasteiger partial charge in [0.2, 0.25) is 5.91 Å². The van der Waals surface area contributed by atoms with E-state index in [0.717, 1.165) is 16.9 Å². The minimum absolute atomic E-state index is 0.0221. The van der Waals surface area contributed by atoms with E-state index in [4.69, 9.17) is 5.11 Å². The molecule has 1 heterocycles. The molecule has 0 radical (unpaired) electrons. The monoisotopic (exact) mass is 346 g/mol. The lowest BCUT2D eigenvalue weighted by Crippen LogP contribution is -2.43. The molecule has 5 nitrogen and oxygen atoms in total. The highest BCUT2D eigenvalue weighted by Crippen LogP contribution is 2.25. The molecule has 0 saturated heterocycles. The number of carbonyl (C=O) groups excluding carboxylic acids is 1. The third-order valence-electron chi connectivity index (χ3n) is 3.65. The van der Waals surface area contributed by atoms with E-state index in [2.05, 4.69) is 10.6 Å². The van der Waals surface area contributed by atoms with Gasteiger partial charge >= 0.3 is 5.97 Å². The second-order valence-electron chi connectivity index (χ2n) is 5.49. The maximum Gasteiger partial charge on any atom is 0.320 e. The van der Waals surface area contributed by atoms with Gasteiger partial charge in [-0.2, -0.15) is 0 Å².